The number of carbonyl (C=O) groups excluding carboxylic acids is 1. The van der Waals surface area contributed by atoms with Gasteiger partial charge in [-0.3, -0.25) is 4.79 Å². The van der Waals surface area contributed by atoms with E-state index in [1.54, 1.807) is 18.2 Å². The molecule has 5 heteroatoms. The van der Waals surface area contributed by atoms with E-state index in [-0.39, 0.29) is 0 Å². The van der Waals surface area contributed by atoms with Gasteiger partial charge in [0.15, 0.2) is 0 Å². The minimum absolute atomic E-state index is 0.334. The van der Waals surface area contributed by atoms with Gasteiger partial charge in [-0.05, 0) is 42.8 Å². The van der Waals surface area contributed by atoms with Crippen LogP contribution in [0.1, 0.15) is 21.5 Å². The first-order valence-corrected chi connectivity index (χ1v) is 7.11. The van der Waals surface area contributed by atoms with Crippen LogP contribution in [0.25, 0.3) is 0 Å². The Morgan fingerprint density at radius 2 is 2.05 bits per heavy atom. The summed E-state index contributed by atoms with van der Waals surface area (Å²) in [6.07, 6.45) is 0. The smallest absolute Gasteiger partial charge is 0.248 e. The van der Waals surface area contributed by atoms with Gasteiger partial charge in [-0.25, -0.2) is 0 Å². The molecule has 0 radical (unpaired) electrons. The lowest BCUT2D eigenvalue weighted by Gasteiger charge is -2.11. The molecule has 0 atom stereocenters. The van der Waals surface area contributed by atoms with E-state index in [9.17, 15) is 4.79 Å². The van der Waals surface area contributed by atoms with Crippen LogP contribution in [0, 0.1) is 6.92 Å². The Bertz CT molecular complexity index is 658. The van der Waals surface area contributed by atoms with Crippen LogP contribution in [-0.4, -0.2) is 5.91 Å². The molecule has 0 spiro atoms. The van der Waals surface area contributed by atoms with Crippen molar-refractivity contribution in [2.75, 3.05) is 0 Å². The molecule has 2 rings (SSSR count). The Morgan fingerprint density at radius 3 is 2.65 bits per heavy atom. The lowest BCUT2D eigenvalue weighted by atomic mass is 10.1. The van der Waals surface area contributed by atoms with Gasteiger partial charge in [0.1, 0.15) is 12.4 Å². The van der Waals surface area contributed by atoms with Crippen molar-refractivity contribution in [3.05, 3.63) is 62.6 Å². The number of rotatable bonds is 4. The van der Waals surface area contributed by atoms with E-state index >= 15 is 0 Å². The number of ether oxygens (including phenoxy) is 1. The first-order valence-electron chi connectivity index (χ1n) is 5.94. The van der Waals surface area contributed by atoms with Gasteiger partial charge in [-0.1, -0.05) is 33.6 Å². The normalized spacial score (nSPS) is 10.3. The van der Waals surface area contributed by atoms with Crippen LogP contribution in [-0.2, 0) is 6.61 Å². The molecule has 104 valence electrons. The monoisotopic (exact) mass is 353 g/mol. The summed E-state index contributed by atoms with van der Waals surface area (Å²) in [6, 6.07) is 10.7. The van der Waals surface area contributed by atoms with Gasteiger partial charge in [0.2, 0.25) is 5.91 Å². The number of benzene rings is 2. The van der Waals surface area contributed by atoms with E-state index in [0.717, 1.165) is 21.3 Å². The molecule has 20 heavy (non-hydrogen) atoms. The van der Waals surface area contributed by atoms with Crippen molar-refractivity contribution in [1.82, 2.24) is 0 Å². The topological polar surface area (TPSA) is 52.3 Å². The fourth-order valence-electron chi connectivity index (χ4n) is 1.75. The largest absolute Gasteiger partial charge is 0.489 e. The average molecular weight is 355 g/mol. The third-order valence-corrected chi connectivity index (χ3v) is 3.70. The van der Waals surface area contributed by atoms with Gasteiger partial charge < -0.3 is 10.5 Å². The molecule has 2 aromatic rings. The molecule has 3 nitrogen and oxygen atoms in total. The number of nitrogens with two attached hydrogens (primary N) is 1. The van der Waals surface area contributed by atoms with Crippen molar-refractivity contribution >= 4 is 33.4 Å². The van der Waals surface area contributed by atoms with Crippen LogP contribution in [0.2, 0.25) is 5.02 Å². The van der Waals surface area contributed by atoms with Crippen molar-refractivity contribution in [1.29, 1.82) is 0 Å². The first kappa shape index (κ1) is 14.9. The van der Waals surface area contributed by atoms with Crippen molar-refractivity contribution in [3.8, 4) is 5.75 Å². The second-order valence-electron chi connectivity index (χ2n) is 4.37. The molecular formula is C15H13BrClNO2. The zero-order valence-electron chi connectivity index (χ0n) is 10.8. The van der Waals surface area contributed by atoms with Crippen LogP contribution >= 0.6 is 27.5 Å². The van der Waals surface area contributed by atoms with Gasteiger partial charge in [-0.2, -0.15) is 0 Å². The molecule has 0 aromatic heterocycles. The molecule has 2 N–H and O–H groups in total. The Labute approximate surface area is 130 Å². The second kappa shape index (κ2) is 6.29. The molecule has 0 aliphatic heterocycles. The van der Waals surface area contributed by atoms with Gasteiger partial charge in [0, 0.05) is 20.6 Å². The zero-order chi connectivity index (χ0) is 14.7. The van der Waals surface area contributed by atoms with E-state index in [1.165, 1.54) is 0 Å². The highest BCUT2D eigenvalue weighted by atomic mass is 79.9. The number of aryl methyl sites for hydroxylation is 1. The maximum absolute atomic E-state index is 11.0. The minimum Gasteiger partial charge on any atom is -0.489 e. The predicted octanol–water partition coefficient (Wildman–Crippen LogP) is 4.09. The highest BCUT2D eigenvalue weighted by Crippen LogP contribution is 2.25. The highest BCUT2D eigenvalue weighted by molar-refractivity contribution is 9.10. The maximum atomic E-state index is 11.0. The Morgan fingerprint density at radius 1 is 1.30 bits per heavy atom. The third-order valence-electron chi connectivity index (χ3n) is 2.86. The molecule has 0 saturated heterocycles. The van der Waals surface area contributed by atoms with E-state index in [2.05, 4.69) is 15.9 Å². The van der Waals surface area contributed by atoms with Crippen LogP contribution in [0.4, 0.5) is 0 Å². The minimum atomic E-state index is -0.497. The lowest BCUT2D eigenvalue weighted by Crippen LogP contribution is -2.11. The van der Waals surface area contributed by atoms with Gasteiger partial charge >= 0.3 is 0 Å². The fraction of sp³-hybridized carbons (Fsp3) is 0.133. The summed E-state index contributed by atoms with van der Waals surface area (Å²) in [5.41, 5.74) is 7.42. The average Bonchev–Trinajstić information content (AvgIpc) is 2.38. The number of hydrogen-bond acceptors (Lipinski definition) is 2. The van der Waals surface area contributed by atoms with Gasteiger partial charge in [0.05, 0.1) is 0 Å². The fourth-order valence-corrected chi connectivity index (χ4v) is 2.46. The number of primary amides is 1. The number of halogens is 2. The number of carbonyl (C=O) groups is 1. The molecule has 0 aliphatic rings. The number of amides is 1. The van der Waals surface area contributed by atoms with Crippen molar-refractivity contribution in [2.24, 2.45) is 5.73 Å². The van der Waals surface area contributed by atoms with Crippen molar-refractivity contribution in [3.63, 3.8) is 0 Å². The van der Waals surface area contributed by atoms with E-state index in [4.69, 9.17) is 22.1 Å². The number of hydrogen-bond donors (Lipinski definition) is 1. The summed E-state index contributed by atoms with van der Waals surface area (Å²) < 4.78 is 6.74. The summed E-state index contributed by atoms with van der Waals surface area (Å²) in [5.74, 6) is 0.298. The van der Waals surface area contributed by atoms with Crippen LogP contribution in [0.15, 0.2) is 40.9 Å². The Kier molecular flexibility index (Phi) is 4.68. The molecule has 0 unspecified atom stereocenters. The van der Waals surface area contributed by atoms with Crippen LogP contribution < -0.4 is 10.5 Å². The Balaban J connectivity index is 2.13. The first-order chi connectivity index (χ1) is 9.47. The second-order valence-corrected chi connectivity index (χ2v) is 5.69. The van der Waals surface area contributed by atoms with Crippen LogP contribution in [0.5, 0.6) is 5.75 Å². The molecule has 0 saturated carbocycles. The van der Waals surface area contributed by atoms with Crippen molar-refractivity contribution in [2.45, 2.75) is 13.5 Å². The predicted molar refractivity (Wildman–Crippen MR) is 83.2 cm³/mol. The van der Waals surface area contributed by atoms with Crippen LogP contribution in [0.3, 0.4) is 0 Å². The summed E-state index contributed by atoms with van der Waals surface area (Å²) in [5, 5.41) is 0.469. The van der Waals surface area contributed by atoms with Crippen molar-refractivity contribution < 1.29 is 9.53 Å². The summed E-state index contributed by atoms with van der Waals surface area (Å²) >= 11 is 9.51. The zero-order valence-corrected chi connectivity index (χ0v) is 13.2. The third kappa shape index (κ3) is 3.52. The summed E-state index contributed by atoms with van der Waals surface area (Å²) in [6.45, 7) is 2.30. The molecule has 0 bridgehead atoms. The standard InChI is InChI=1S/C15H13BrClNO2/c1-9-6-12(16)4-5-14(9)20-8-11-3-2-10(15(18)19)7-13(11)17/h2-7H,8H2,1H3,(H2,18,19). The summed E-state index contributed by atoms with van der Waals surface area (Å²) in [7, 11) is 0. The molecule has 1 amide bonds. The SMILES string of the molecule is Cc1cc(Br)ccc1OCc1ccc(C(N)=O)cc1Cl. The van der Waals surface area contributed by atoms with Gasteiger partial charge in [-0.15, -0.1) is 0 Å². The lowest BCUT2D eigenvalue weighted by molar-refractivity contribution is 0.1000. The quantitative estimate of drug-likeness (QED) is 0.899. The maximum Gasteiger partial charge on any atom is 0.248 e. The highest BCUT2D eigenvalue weighted by Gasteiger charge is 2.07. The molecule has 0 heterocycles. The molecule has 0 fully saturated rings. The summed E-state index contributed by atoms with van der Waals surface area (Å²) in [4.78, 5) is 11.0. The Hall–Kier alpha value is -1.52. The van der Waals surface area contributed by atoms with Gasteiger partial charge in [0.25, 0.3) is 0 Å². The van der Waals surface area contributed by atoms with E-state index in [1.807, 2.05) is 25.1 Å². The van der Waals surface area contributed by atoms with E-state index < -0.39 is 5.91 Å². The molecule has 2 aromatic carbocycles. The van der Waals surface area contributed by atoms with E-state index in [0.29, 0.717) is 17.2 Å². The molecule has 0 aliphatic carbocycles. The molecular weight excluding hydrogens is 342 g/mol.